The van der Waals surface area contributed by atoms with E-state index >= 15 is 0 Å². The normalized spacial score (nSPS) is 13.0. The molecule has 4 N–H and O–H groups in total. The number of benzene rings is 2. The smallest absolute Gasteiger partial charge is 0.134 e. The minimum Gasteiger partial charge on any atom is -0.384 e. The lowest BCUT2D eigenvalue weighted by Gasteiger charge is -2.17. The number of hydrogen-bond acceptors (Lipinski definition) is 6. The van der Waals surface area contributed by atoms with Gasteiger partial charge in [-0.3, -0.25) is 5.10 Å². The Balaban J connectivity index is 0.00000216. The summed E-state index contributed by atoms with van der Waals surface area (Å²) in [7, 11) is 0. The molecule has 2 aromatic carbocycles. The van der Waals surface area contributed by atoms with Crippen LogP contribution in [0.3, 0.4) is 0 Å². The van der Waals surface area contributed by atoms with Crippen LogP contribution in [0.15, 0.2) is 60.9 Å². The zero-order valence-electron chi connectivity index (χ0n) is 17.1. The molecular weight excluding hydrogens is 424 g/mol. The van der Waals surface area contributed by atoms with Gasteiger partial charge in [-0.05, 0) is 66.1 Å². The number of hydrogen-bond donors (Lipinski definition) is 3. The molecule has 9 heteroatoms. The summed E-state index contributed by atoms with van der Waals surface area (Å²) in [6, 6.07) is 16.4. The number of aromatic amines is 1. The number of halogens is 1. The predicted molar refractivity (Wildman–Crippen MR) is 127 cm³/mol. The number of nitrogens with zero attached hydrogens (tertiary/aromatic N) is 5. The first kappa shape index (κ1) is 20.2. The molecule has 1 aliphatic rings. The van der Waals surface area contributed by atoms with Crippen LogP contribution in [-0.2, 0) is 13.0 Å². The molecule has 0 amide bonds. The van der Waals surface area contributed by atoms with E-state index in [1.54, 1.807) is 16.9 Å². The Morgan fingerprint density at radius 3 is 2.75 bits per heavy atom. The molecule has 1 aliphatic heterocycles. The van der Waals surface area contributed by atoms with E-state index < -0.39 is 0 Å². The van der Waals surface area contributed by atoms with Crippen LogP contribution in [0.25, 0.3) is 39.1 Å². The Bertz CT molecular complexity index is 1400. The number of aromatic nitrogens is 6. The van der Waals surface area contributed by atoms with E-state index in [0.717, 1.165) is 58.6 Å². The summed E-state index contributed by atoms with van der Waals surface area (Å²) in [5.41, 5.74) is 13.9. The first-order chi connectivity index (χ1) is 15.2. The summed E-state index contributed by atoms with van der Waals surface area (Å²) in [5, 5.41) is 20.8. The van der Waals surface area contributed by atoms with E-state index in [4.69, 9.17) is 5.73 Å². The highest BCUT2D eigenvalue weighted by Gasteiger charge is 2.15. The van der Waals surface area contributed by atoms with Crippen LogP contribution in [0, 0.1) is 0 Å². The summed E-state index contributed by atoms with van der Waals surface area (Å²) >= 11 is 0. The minimum atomic E-state index is 0. The van der Waals surface area contributed by atoms with Crippen molar-refractivity contribution in [2.75, 3.05) is 12.3 Å². The molecule has 0 spiro atoms. The zero-order chi connectivity index (χ0) is 20.8. The summed E-state index contributed by atoms with van der Waals surface area (Å²) in [4.78, 5) is 4.20. The van der Waals surface area contributed by atoms with Crippen LogP contribution >= 0.6 is 12.4 Å². The lowest BCUT2D eigenvalue weighted by atomic mass is 10.0. The number of nitrogens with one attached hydrogen (secondary N) is 2. The van der Waals surface area contributed by atoms with Crippen molar-refractivity contribution >= 4 is 29.1 Å². The van der Waals surface area contributed by atoms with Crippen molar-refractivity contribution in [2.24, 2.45) is 0 Å². The number of pyridine rings is 1. The van der Waals surface area contributed by atoms with Crippen LogP contribution in [-0.4, -0.2) is 36.7 Å². The fourth-order valence-corrected chi connectivity index (χ4v) is 4.07. The number of nitrogen functional groups attached to an aromatic ring is 1. The van der Waals surface area contributed by atoms with Crippen LogP contribution in [0.2, 0.25) is 0 Å². The van der Waals surface area contributed by atoms with Gasteiger partial charge in [0.1, 0.15) is 17.2 Å². The second-order valence-electron chi connectivity index (χ2n) is 7.73. The topological polar surface area (TPSA) is 110 Å². The van der Waals surface area contributed by atoms with E-state index in [1.165, 1.54) is 11.1 Å². The molecule has 0 saturated heterocycles. The summed E-state index contributed by atoms with van der Waals surface area (Å²) in [6.07, 6.45) is 4.76. The number of rotatable bonds is 3. The molecule has 0 atom stereocenters. The number of anilines is 1. The third-order valence-electron chi connectivity index (χ3n) is 5.76. The van der Waals surface area contributed by atoms with Crippen LogP contribution < -0.4 is 11.1 Å². The first-order valence-electron chi connectivity index (χ1n) is 10.2. The molecule has 4 heterocycles. The highest BCUT2D eigenvalue weighted by molar-refractivity contribution is 5.94. The fraction of sp³-hybridized carbons (Fsp3) is 0.130. The number of H-pyrrole nitrogens is 1. The van der Waals surface area contributed by atoms with Gasteiger partial charge >= 0.3 is 0 Å². The Kier molecular flexibility index (Phi) is 5.08. The fourth-order valence-electron chi connectivity index (χ4n) is 4.07. The van der Waals surface area contributed by atoms with Gasteiger partial charge in [0.15, 0.2) is 0 Å². The summed E-state index contributed by atoms with van der Waals surface area (Å²) in [5.74, 6) is 0.503. The molecule has 0 bridgehead atoms. The molecule has 3 aromatic heterocycles. The first-order valence-corrected chi connectivity index (χ1v) is 10.2. The van der Waals surface area contributed by atoms with E-state index in [1.807, 2.05) is 24.4 Å². The second kappa shape index (κ2) is 8.07. The Hall–Kier alpha value is -3.75. The summed E-state index contributed by atoms with van der Waals surface area (Å²) < 4.78 is 1.80. The van der Waals surface area contributed by atoms with Crippen molar-refractivity contribution < 1.29 is 0 Å². The molecular formula is C23H21ClN8. The third kappa shape index (κ3) is 3.49. The van der Waals surface area contributed by atoms with Crippen molar-refractivity contribution in [3.8, 4) is 28.2 Å². The highest BCUT2D eigenvalue weighted by atomic mass is 35.5. The quantitative estimate of drug-likeness (QED) is 0.392. The van der Waals surface area contributed by atoms with Crippen molar-refractivity contribution in [3.63, 3.8) is 0 Å². The van der Waals surface area contributed by atoms with Gasteiger partial charge in [0.05, 0.1) is 17.4 Å². The summed E-state index contributed by atoms with van der Waals surface area (Å²) in [6.45, 7) is 1.91. The molecule has 0 fully saturated rings. The minimum absolute atomic E-state index is 0. The van der Waals surface area contributed by atoms with Crippen molar-refractivity contribution in [2.45, 2.75) is 13.0 Å². The van der Waals surface area contributed by atoms with Gasteiger partial charge in [-0.15, -0.1) is 17.5 Å². The lowest BCUT2D eigenvalue weighted by Crippen LogP contribution is -2.23. The van der Waals surface area contributed by atoms with Crippen LogP contribution in [0.4, 0.5) is 5.82 Å². The average Bonchev–Trinajstić information content (AvgIpc) is 3.46. The maximum Gasteiger partial charge on any atom is 0.134 e. The molecule has 0 saturated carbocycles. The van der Waals surface area contributed by atoms with Gasteiger partial charge in [0.2, 0.25) is 0 Å². The van der Waals surface area contributed by atoms with Crippen molar-refractivity contribution in [1.29, 1.82) is 0 Å². The van der Waals surface area contributed by atoms with Gasteiger partial charge in [-0.25, -0.2) is 9.67 Å². The van der Waals surface area contributed by atoms with E-state index in [0.29, 0.717) is 5.82 Å². The molecule has 32 heavy (non-hydrogen) atoms. The van der Waals surface area contributed by atoms with E-state index in [9.17, 15) is 0 Å². The van der Waals surface area contributed by atoms with E-state index in [-0.39, 0.29) is 12.4 Å². The maximum absolute atomic E-state index is 5.72. The van der Waals surface area contributed by atoms with Gasteiger partial charge < -0.3 is 11.1 Å². The standard InChI is InChI=1S/C23H20N8.ClH/c24-22-6-3-16(12-26-22)15-2-5-20-19(10-15)23(29-27-20)21-13-31(30-28-21)18-4-1-14-7-8-25-11-17(14)9-18;/h1-6,9-10,12-13,25H,7-8,11H2,(H2,24,26)(H,27,29);1H. The van der Waals surface area contributed by atoms with Crippen LogP contribution in [0.1, 0.15) is 11.1 Å². The third-order valence-corrected chi connectivity index (χ3v) is 5.76. The largest absolute Gasteiger partial charge is 0.384 e. The monoisotopic (exact) mass is 444 g/mol. The average molecular weight is 445 g/mol. The number of nitrogens with two attached hydrogens (primary N) is 1. The van der Waals surface area contributed by atoms with Gasteiger partial charge in [-0.1, -0.05) is 17.3 Å². The number of fused-ring (bicyclic) bond motifs is 2. The molecule has 8 nitrogen and oxygen atoms in total. The zero-order valence-corrected chi connectivity index (χ0v) is 17.9. The molecule has 0 radical (unpaired) electrons. The molecule has 160 valence electrons. The van der Waals surface area contributed by atoms with Crippen molar-refractivity contribution in [3.05, 3.63) is 72.1 Å². The van der Waals surface area contributed by atoms with E-state index in [2.05, 4.69) is 55.1 Å². The Morgan fingerprint density at radius 2 is 1.88 bits per heavy atom. The van der Waals surface area contributed by atoms with Gasteiger partial charge in [0.25, 0.3) is 0 Å². The predicted octanol–water partition coefficient (Wildman–Crippen LogP) is 3.52. The lowest BCUT2D eigenvalue weighted by molar-refractivity contribution is 0.642. The van der Waals surface area contributed by atoms with Crippen LogP contribution in [0.5, 0.6) is 0 Å². The van der Waals surface area contributed by atoms with Gasteiger partial charge in [-0.2, -0.15) is 5.10 Å². The Labute approximate surface area is 190 Å². The molecule has 5 aromatic rings. The second-order valence-corrected chi connectivity index (χ2v) is 7.73. The Morgan fingerprint density at radius 1 is 0.969 bits per heavy atom. The maximum atomic E-state index is 5.72. The molecule has 0 aliphatic carbocycles. The highest BCUT2D eigenvalue weighted by Crippen LogP contribution is 2.30. The SMILES string of the molecule is Cl.Nc1ccc(-c2ccc3[nH]nc(-c4cn(-c5ccc6c(c5)CNCC6)nn4)c3c2)cn1. The van der Waals surface area contributed by atoms with Gasteiger partial charge in [0, 0.05) is 23.7 Å². The van der Waals surface area contributed by atoms with Crippen molar-refractivity contribution in [1.82, 2.24) is 35.5 Å². The molecule has 6 rings (SSSR count). The molecule has 0 unspecified atom stereocenters.